The van der Waals surface area contributed by atoms with Crippen LogP contribution in [0.1, 0.15) is 36.9 Å². The molecule has 0 spiro atoms. The molecule has 2 aromatic heterocycles. The fraction of sp³-hybridized carbons (Fsp3) is 0.500. The van der Waals surface area contributed by atoms with Crippen molar-refractivity contribution < 1.29 is 9.84 Å². The van der Waals surface area contributed by atoms with Crippen molar-refractivity contribution in [2.45, 2.75) is 32.8 Å². The van der Waals surface area contributed by atoms with Crippen molar-refractivity contribution in [1.29, 1.82) is 0 Å². The minimum atomic E-state index is -0.425. The molecule has 2 heterocycles. The Bertz CT molecular complexity index is 622. The van der Waals surface area contributed by atoms with E-state index in [0.29, 0.717) is 5.88 Å². The molecule has 0 saturated carbocycles. The van der Waals surface area contributed by atoms with Crippen molar-refractivity contribution in [2.24, 2.45) is 5.41 Å². The van der Waals surface area contributed by atoms with E-state index < -0.39 is 6.10 Å². The third kappa shape index (κ3) is 2.41. The number of hydrogen-bond acceptors (Lipinski definition) is 6. The fourth-order valence-corrected chi connectivity index (χ4v) is 3.58. The predicted octanol–water partition coefficient (Wildman–Crippen LogP) is 2.61. The van der Waals surface area contributed by atoms with Gasteiger partial charge in [0.15, 0.2) is 0 Å². The first-order chi connectivity index (χ1) is 9.48. The molecule has 2 aromatic rings. The molecule has 1 unspecified atom stereocenters. The molecule has 106 valence electrons. The Morgan fingerprint density at radius 2 is 2.15 bits per heavy atom. The third-order valence-corrected chi connectivity index (χ3v) is 4.71. The molecule has 0 radical (unpaired) electrons. The maximum Gasteiger partial charge on any atom is 0.233 e. The van der Waals surface area contributed by atoms with Gasteiger partial charge in [0, 0.05) is 6.07 Å². The molecule has 5 nitrogen and oxygen atoms in total. The van der Waals surface area contributed by atoms with Crippen LogP contribution in [0, 0.1) is 5.41 Å². The van der Waals surface area contributed by atoms with Gasteiger partial charge in [0.2, 0.25) is 5.88 Å². The van der Waals surface area contributed by atoms with Gasteiger partial charge in [-0.15, -0.1) is 21.5 Å². The molecule has 0 aromatic carbocycles. The van der Waals surface area contributed by atoms with E-state index in [1.807, 2.05) is 6.07 Å². The number of hydrogen-bond donors (Lipinski definition) is 1. The molecular weight excluding hydrogens is 274 g/mol. The molecule has 0 amide bonds. The number of thiazole rings is 1. The highest BCUT2D eigenvalue weighted by atomic mass is 32.1. The number of nitrogens with zero attached hydrogens (tertiary/aromatic N) is 3. The number of aromatic nitrogens is 3. The van der Waals surface area contributed by atoms with Crippen LogP contribution in [-0.4, -0.2) is 27.4 Å². The number of aliphatic hydroxyl groups is 1. The predicted molar refractivity (Wildman–Crippen MR) is 76.8 cm³/mol. The lowest BCUT2D eigenvalue weighted by Gasteiger charge is -2.31. The first kappa shape index (κ1) is 13.5. The van der Waals surface area contributed by atoms with Crippen molar-refractivity contribution in [3.63, 3.8) is 0 Å². The molecule has 0 bridgehead atoms. The van der Waals surface area contributed by atoms with Gasteiger partial charge in [-0.2, -0.15) is 0 Å². The van der Waals surface area contributed by atoms with Gasteiger partial charge in [-0.25, -0.2) is 4.98 Å². The molecule has 6 heteroatoms. The highest BCUT2D eigenvalue weighted by Gasteiger charge is 2.34. The third-order valence-electron chi connectivity index (χ3n) is 3.49. The Morgan fingerprint density at radius 3 is 2.80 bits per heavy atom. The summed E-state index contributed by atoms with van der Waals surface area (Å²) >= 11 is 1.51. The lowest BCUT2D eigenvalue weighted by atomic mass is 9.77. The van der Waals surface area contributed by atoms with Crippen LogP contribution in [0.15, 0.2) is 12.1 Å². The number of methoxy groups -OCH3 is 1. The van der Waals surface area contributed by atoms with E-state index in [9.17, 15) is 5.11 Å². The van der Waals surface area contributed by atoms with Crippen LogP contribution in [0.2, 0.25) is 0 Å². The zero-order valence-corrected chi connectivity index (χ0v) is 12.6. The monoisotopic (exact) mass is 291 g/mol. The quantitative estimate of drug-likeness (QED) is 0.921. The Kier molecular flexibility index (Phi) is 3.22. The Labute approximate surface area is 121 Å². The van der Waals surface area contributed by atoms with E-state index >= 15 is 0 Å². The average Bonchev–Trinajstić information content (AvgIpc) is 2.81. The zero-order chi connectivity index (χ0) is 14.3. The topological polar surface area (TPSA) is 68.1 Å². The summed E-state index contributed by atoms with van der Waals surface area (Å²) in [6.07, 6.45) is 1.24. The van der Waals surface area contributed by atoms with Crippen LogP contribution in [-0.2, 0) is 6.42 Å². The van der Waals surface area contributed by atoms with Gasteiger partial charge in [0.25, 0.3) is 0 Å². The van der Waals surface area contributed by atoms with Gasteiger partial charge in [0.1, 0.15) is 10.7 Å². The van der Waals surface area contributed by atoms with Crippen LogP contribution < -0.4 is 4.74 Å². The summed E-state index contributed by atoms with van der Waals surface area (Å²) in [5.74, 6) is 0.483. The standard InChI is InChI=1S/C14H17N3O2S/c1-14(2)6-9-12(10(18)7-14)20-13(15-9)8-4-5-11(19-3)17-16-8/h4-5,10,18H,6-7H2,1-3H3. The van der Waals surface area contributed by atoms with Gasteiger partial charge < -0.3 is 9.84 Å². The highest BCUT2D eigenvalue weighted by molar-refractivity contribution is 7.15. The number of rotatable bonds is 2. The molecule has 0 saturated heterocycles. The number of ether oxygens (including phenoxy) is 1. The molecule has 20 heavy (non-hydrogen) atoms. The van der Waals surface area contributed by atoms with Crippen LogP contribution in [0.4, 0.5) is 0 Å². The number of aliphatic hydroxyl groups excluding tert-OH is 1. The van der Waals surface area contributed by atoms with Gasteiger partial charge >= 0.3 is 0 Å². The molecular formula is C14H17N3O2S. The zero-order valence-electron chi connectivity index (χ0n) is 11.8. The molecule has 1 aliphatic rings. The molecule has 1 N–H and O–H groups in total. The second-order valence-electron chi connectivity index (χ2n) is 5.85. The lowest BCUT2D eigenvalue weighted by molar-refractivity contribution is 0.102. The van der Waals surface area contributed by atoms with Crippen molar-refractivity contribution >= 4 is 11.3 Å². The average molecular weight is 291 g/mol. The van der Waals surface area contributed by atoms with Crippen LogP contribution >= 0.6 is 11.3 Å². The van der Waals surface area contributed by atoms with E-state index in [0.717, 1.165) is 34.1 Å². The maximum absolute atomic E-state index is 10.3. The molecule has 1 atom stereocenters. The van der Waals surface area contributed by atoms with E-state index in [-0.39, 0.29) is 5.41 Å². The van der Waals surface area contributed by atoms with Crippen LogP contribution in [0.5, 0.6) is 5.88 Å². The van der Waals surface area contributed by atoms with Crippen molar-refractivity contribution in [1.82, 2.24) is 15.2 Å². The first-order valence-electron chi connectivity index (χ1n) is 6.54. The summed E-state index contributed by atoms with van der Waals surface area (Å²) in [6, 6.07) is 3.61. The first-order valence-corrected chi connectivity index (χ1v) is 7.36. The second kappa shape index (κ2) is 4.79. The largest absolute Gasteiger partial charge is 0.480 e. The summed E-state index contributed by atoms with van der Waals surface area (Å²) in [4.78, 5) is 5.61. The Morgan fingerprint density at radius 1 is 1.35 bits per heavy atom. The van der Waals surface area contributed by atoms with Crippen LogP contribution in [0.3, 0.4) is 0 Å². The van der Waals surface area contributed by atoms with Gasteiger partial charge in [-0.1, -0.05) is 13.8 Å². The fourth-order valence-electron chi connectivity index (χ4n) is 2.54. The van der Waals surface area contributed by atoms with Gasteiger partial charge in [-0.3, -0.25) is 0 Å². The SMILES string of the molecule is COc1ccc(-c2nc3c(s2)C(O)CC(C)(C)C3)nn1. The summed E-state index contributed by atoms with van der Waals surface area (Å²) in [7, 11) is 1.56. The van der Waals surface area contributed by atoms with E-state index in [2.05, 4.69) is 29.0 Å². The normalized spacial score (nSPS) is 20.5. The second-order valence-corrected chi connectivity index (χ2v) is 6.88. The minimum absolute atomic E-state index is 0.0867. The summed E-state index contributed by atoms with van der Waals surface area (Å²) in [5.41, 5.74) is 1.80. The van der Waals surface area contributed by atoms with Crippen molar-refractivity contribution in [3.05, 3.63) is 22.7 Å². The van der Waals surface area contributed by atoms with E-state index in [4.69, 9.17) is 4.74 Å². The molecule has 0 aliphatic heterocycles. The summed E-state index contributed by atoms with van der Waals surface area (Å²) in [5, 5.41) is 19.1. The summed E-state index contributed by atoms with van der Waals surface area (Å²) < 4.78 is 5.00. The minimum Gasteiger partial charge on any atom is -0.480 e. The van der Waals surface area contributed by atoms with Crippen molar-refractivity contribution in [3.8, 4) is 16.6 Å². The molecule has 0 fully saturated rings. The Balaban J connectivity index is 1.96. The van der Waals surface area contributed by atoms with Gasteiger partial charge in [-0.05, 0) is 24.3 Å². The lowest BCUT2D eigenvalue weighted by Crippen LogP contribution is -2.24. The highest BCUT2D eigenvalue weighted by Crippen LogP contribution is 2.44. The smallest absolute Gasteiger partial charge is 0.233 e. The van der Waals surface area contributed by atoms with Crippen molar-refractivity contribution in [2.75, 3.05) is 7.11 Å². The van der Waals surface area contributed by atoms with Gasteiger partial charge in [0.05, 0.1) is 23.8 Å². The maximum atomic E-state index is 10.3. The Hall–Kier alpha value is -1.53. The van der Waals surface area contributed by atoms with E-state index in [1.54, 1.807) is 13.2 Å². The summed E-state index contributed by atoms with van der Waals surface area (Å²) in [6.45, 7) is 4.32. The molecule has 3 rings (SSSR count). The number of fused-ring (bicyclic) bond motifs is 1. The van der Waals surface area contributed by atoms with E-state index in [1.165, 1.54) is 11.3 Å². The van der Waals surface area contributed by atoms with Crippen LogP contribution in [0.25, 0.3) is 10.7 Å². The molecule has 1 aliphatic carbocycles.